The maximum absolute atomic E-state index is 15.1. The van der Waals surface area contributed by atoms with Crippen LogP contribution in [0.4, 0.5) is 18.9 Å². The molecule has 12 heteroatoms. The monoisotopic (exact) mass is 449 g/mol. The average Bonchev–Trinajstić information content (AvgIpc) is 2.77. The Bertz CT molecular complexity index is 983. The maximum Gasteiger partial charge on any atom is 0.264 e. The number of hydrogen-bond acceptors (Lipinski definition) is 6. The van der Waals surface area contributed by atoms with Gasteiger partial charge in [0.05, 0.1) is 36.0 Å². The van der Waals surface area contributed by atoms with Gasteiger partial charge >= 0.3 is 0 Å². The zero-order valence-corrected chi connectivity index (χ0v) is 17.1. The number of aromatic nitrogens is 1. The molecule has 0 spiro atoms. The van der Waals surface area contributed by atoms with Gasteiger partial charge in [-0.25, -0.2) is 18.2 Å². The number of halogens is 3. The zero-order valence-electron chi connectivity index (χ0n) is 17.1. The van der Waals surface area contributed by atoms with Gasteiger partial charge in [-0.05, 0) is 24.3 Å². The minimum absolute atomic E-state index is 0.00283. The number of nitrogens with zero attached hydrogens (tertiary/aromatic N) is 3. The normalized spacial score (nSPS) is 11.5. The lowest BCUT2D eigenvalue weighted by Gasteiger charge is -2.20. The molecule has 0 saturated heterocycles. The zero-order chi connectivity index (χ0) is 23.7. The molecule has 1 unspecified atom stereocenters. The Hall–Kier alpha value is -3.85. The van der Waals surface area contributed by atoms with Gasteiger partial charge < -0.3 is 16.4 Å². The summed E-state index contributed by atoms with van der Waals surface area (Å²) in [4.78, 5) is 21.1. The van der Waals surface area contributed by atoms with E-state index in [2.05, 4.69) is 15.6 Å². The first-order valence-corrected chi connectivity index (χ1v) is 9.39. The molecule has 0 saturated carbocycles. The number of carbonyl (C=O) groups excluding carboxylic acids is 1. The molecule has 0 aliphatic rings. The Morgan fingerprint density at radius 3 is 2.72 bits per heavy atom. The number of amides is 1. The summed E-state index contributed by atoms with van der Waals surface area (Å²) in [6.07, 6.45) is -2.04. The van der Waals surface area contributed by atoms with Crippen LogP contribution < -0.4 is 16.4 Å². The van der Waals surface area contributed by atoms with Gasteiger partial charge in [0.15, 0.2) is 5.82 Å². The first kappa shape index (κ1) is 24.4. The third-order valence-electron chi connectivity index (χ3n) is 4.32. The van der Waals surface area contributed by atoms with E-state index < -0.39 is 30.6 Å². The SMILES string of the molecule is CN(OCCNC(=O)Cc1c(C#N)ccc(NC(c2ccccn2)C(F)F)c1F)C(=N)N. The van der Waals surface area contributed by atoms with Crippen molar-refractivity contribution < 1.29 is 22.8 Å². The standard InChI is InChI=1S/C20H22F3N7O2/c1-30(20(25)26)32-9-8-28-16(31)10-13-12(11-24)5-6-14(17(13)21)29-18(19(22)23)15-4-2-3-7-27-15/h2-7,18-19,29H,8-10H2,1H3,(H3,25,26)(H,28,31). The number of hydroxylamine groups is 2. The van der Waals surface area contributed by atoms with Crippen LogP contribution in [0.15, 0.2) is 36.5 Å². The molecule has 1 amide bonds. The number of rotatable bonds is 10. The van der Waals surface area contributed by atoms with Crippen LogP contribution in [0.3, 0.4) is 0 Å². The Morgan fingerprint density at radius 1 is 1.38 bits per heavy atom. The Morgan fingerprint density at radius 2 is 2.12 bits per heavy atom. The van der Waals surface area contributed by atoms with E-state index >= 15 is 4.39 Å². The third kappa shape index (κ3) is 6.58. The van der Waals surface area contributed by atoms with E-state index in [9.17, 15) is 18.8 Å². The number of carbonyl (C=O) groups is 1. The molecule has 0 aliphatic heterocycles. The molecule has 2 aromatic rings. The number of alkyl halides is 2. The third-order valence-corrected chi connectivity index (χ3v) is 4.32. The summed E-state index contributed by atoms with van der Waals surface area (Å²) in [6.45, 7) is 0.0299. The summed E-state index contributed by atoms with van der Waals surface area (Å²) in [5.74, 6) is -1.91. The van der Waals surface area contributed by atoms with Gasteiger partial charge in [0.1, 0.15) is 6.04 Å². The molecular weight excluding hydrogens is 427 g/mol. The van der Waals surface area contributed by atoms with Crippen molar-refractivity contribution in [3.63, 3.8) is 0 Å². The number of benzene rings is 1. The fourth-order valence-corrected chi connectivity index (χ4v) is 2.67. The number of pyridine rings is 1. The summed E-state index contributed by atoms with van der Waals surface area (Å²) >= 11 is 0. The second-order valence-electron chi connectivity index (χ2n) is 6.52. The van der Waals surface area contributed by atoms with E-state index in [1.807, 2.05) is 0 Å². The number of nitrogens with two attached hydrogens (primary N) is 1. The minimum atomic E-state index is -2.89. The van der Waals surface area contributed by atoms with Crippen molar-refractivity contribution in [2.24, 2.45) is 5.73 Å². The molecule has 0 aliphatic carbocycles. The quantitative estimate of drug-likeness (QED) is 0.188. The van der Waals surface area contributed by atoms with Crippen LogP contribution in [0.25, 0.3) is 0 Å². The van der Waals surface area contributed by atoms with Gasteiger partial charge in [-0.2, -0.15) is 5.26 Å². The summed E-state index contributed by atoms with van der Waals surface area (Å²) in [7, 11) is 1.41. The minimum Gasteiger partial charge on any atom is -0.369 e. The van der Waals surface area contributed by atoms with Crippen LogP contribution in [0.1, 0.15) is 22.9 Å². The molecule has 0 bridgehead atoms. The summed E-state index contributed by atoms with van der Waals surface area (Å²) in [6, 6.07) is 7.10. The van der Waals surface area contributed by atoms with Crippen LogP contribution in [0.2, 0.25) is 0 Å². The topological polar surface area (TPSA) is 140 Å². The Labute approximate surface area is 182 Å². The van der Waals surface area contributed by atoms with Crippen molar-refractivity contribution in [1.82, 2.24) is 15.4 Å². The largest absolute Gasteiger partial charge is 0.369 e. The summed E-state index contributed by atoms with van der Waals surface area (Å²) in [5.41, 5.74) is 4.61. The number of hydrogen-bond donors (Lipinski definition) is 4. The Kier molecular flexibility index (Phi) is 8.79. The lowest BCUT2D eigenvalue weighted by molar-refractivity contribution is -0.122. The molecule has 5 N–H and O–H groups in total. The second kappa shape index (κ2) is 11.5. The van der Waals surface area contributed by atoms with Crippen LogP contribution in [-0.2, 0) is 16.1 Å². The van der Waals surface area contributed by atoms with Crippen molar-refractivity contribution in [2.75, 3.05) is 25.5 Å². The number of nitrogens with one attached hydrogen (secondary N) is 3. The fraction of sp³-hybridized carbons (Fsp3) is 0.300. The molecule has 9 nitrogen and oxygen atoms in total. The molecule has 170 valence electrons. The van der Waals surface area contributed by atoms with Crippen molar-refractivity contribution in [3.8, 4) is 6.07 Å². The first-order valence-electron chi connectivity index (χ1n) is 9.39. The van der Waals surface area contributed by atoms with Gasteiger partial charge in [-0.15, -0.1) is 0 Å². The number of nitriles is 1. The second-order valence-corrected chi connectivity index (χ2v) is 6.52. The summed E-state index contributed by atoms with van der Waals surface area (Å²) < 4.78 is 42.2. The lowest BCUT2D eigenvalue weighted by atomic mass is 10.0. The Balaban J connectivity index is 2.13. The van der Waals surface area contributed by atoms with Gasteiger partial charge in [0, 0.05) is 25.4 Å². The van der Waals surface area contributed by atoms with Crippen molar-refractivity contribution in [1.29, 1.82) is 10.7 Å². The molecule has 2 rings (SSSR count). The van der Waals surface area contributed by atoms with Crippen molar-refractivity contribution in [3.05, 3.63) is 59.2 Å². The number of guanidine groups is 1. The first-order chi connectivity index (χ1) is 15.2. The van der Waals surface area contributed by atoms with Crippen LogP contribution >= 0.6 is 0 Å². The molecule has 1 aromatic heterocycles. The van der Waals surface area contributed by atoms with Gasteiger partial charge in [0.25, 0.3) is 6.43 Å². The van der Waals surface area contributed by atoms with E-state index in [4.69, 9.17) is 16.0 Å². The molecule has 1 atom stereocenters. The van der Waals surface area contributed by atoms with Crippen molar-refractivity contribution in [2.45, 2.75) is 18.9 Å². The number of anilines is 1. The molecular formula is C20H22F3N7O2. The lowest BCUT2D eigenvalue weighted by Crippen LogP contribution is -2.36. The predicted octanol–water partition coefficient (Wildman–Crippen LogP) is 1.93. The molecule has 0 fully saturated rings. The van der Waals surface area contributed by atoms with Gasteiger partial charge in [-0.3, -0.25) is 20.0 Å². The molecule has 32 heavy (non-hydrogen) atoms. The smallest absolute Gasteiger partial charge is 0.264 e. The van der Waals surface area contributed by atoms with Crippen LogP contribution in [-0.4, -0.2) is 48.5 Å². The fourth-order valence-electron chi connectivity index (χ4n) is 2.67. The highest BCUT2D eigenvalue weighted by Gasteiger charge is 2.26. The van der Waals surface area contributed by atoms with E-state index in [1.54, 1.807) is 12.1 Å². The van der Waals surface area contributed by atoms with E-state index in [0.717, 1.165) is 5.06 Å². The molecule has 1 heterocycles. The van der Waals surface area contributed by atoms with E-state index in [0.29, 0.717) is 0 Å². The maximum atomic E-state index is 15.1. The summed E-state index contributed by atoms with van der Waals surface area (Å²) in [5, 5.41) is 22.3. The van der Waals surface area contributed by atoms with Gasteiger partial charge in [0.2, 0.25) is 11.9 Å². The average molecular weight is 449 g/mol. The highest BCUT2D eigenvalue weighted by molar-refractivity contribution is 5.80. The van der Waals surface area contributed by atoms with E-state index in [-0.39, 0.29) is 41.6 Å². The van der Waals surface area contributed by atoms with Crippen molar-refractivity contribution >= 4 is 17.6 Å². The molecule has 1 aromatic carbocycles. The molecule has 0 radical (unpaired) electrons. The van der Waals surface area contributed by atoms with E-state index in [1.165, 1.54) is 37.5 Å². The predicted molar refractivity (Wildman–Crippen MR) is 110 cm³/mol. The highest BCUT2D eigenvalue weighted by Crippen LogP contribution is 2.28. The van der Waals surface area contributed by atoms with Gasteiger partial charge in [-0.1, -0.05) is 6.07 Å². The van der Waals surface area contributed by atoms with Crippen LogP contribution in [0, 0.1) is 22.6 Å². The van der Waals surface area contributed by atoms with Crippen LogP contribution in [0.5, 0.6) is 0 Å². The highest BCUT2D eigenvalue weighted by atomic mass is 19.3.